The number of benzene rings is 2. The third kappa shape index (κ3) is 2.84. The molecular formula is C20H14F2N6OS. The number of hydrogen-bond acceptors (Lipinski definition) is 5. The van der Waals surface area contributed by atoms with E-state index in [1.165, 1.54) is 22.2 Å². The minimum Gasteiger partial charge on any atom is -0.322 e. The Labute approximate surface area is 172 Å². The number of H-pyrrole nitrogens is 1. The predicted molar refractivity (Wildman–Crippen MR) is 111 cm³/mol. The van der Waals surface area contributed by atoms with Gasteiger partial charge in [-0.05, 0) is 25.1 Å². The van der Waals surface area contributed by atoms with Crippen molar-refractivity contribution in [1.82, 2.24) is 25.0 Å². The van der Waals surface area contributed by atoms with Gasteiger partial charge in [0, 0.05) is 30.4 Å². The Bertz CT molecular complexity index is 1450. The summed E-state index contributed by atoms with van der Waals surface area (Å²) in [5.41, 5.74) is 1.47. The summed E-state index contributed by atoms with van der Waals surface area (Å²) in [5, 5.41) is 15.5. The van der Waals surface area contributed by atoms with Crippen LogP contribution in [0.25, 0.3) is 32.4 Å². The monoisotopic (exact) mass is 424 g/mol. The van der Waals surface area contributed by atoms with Gasteiger partial charge in [0.2, 0.25) is 0 Å². The first-order valence-electron chi connectivity index (χ1n) is 8.94. The maximum Gasteiger partial charge on any atom is 0.261 e. The fraction of sp³-hybridized carbons (Fsp3) is 0.100. The van der Waals surface area contributed by atoms with Crippen molar-refractivity contribution in [2.75, 3.05) is 5.32 Å². The molecule has 30 heavy (non-hydrogen) atoms. The quantitative estimate of drug-likeness (QED) is 0.449. The number of thiazole rings is 1. The lowest BCUT2D eigenvalue weighted by Gasteiger charge is -2.09. The van der Waals surface area contributed by atoms with Gasteiger partial charge in [-0.3, -0.25) is 14.6 Å². The van der Waals surface area contributed by atoms with Crippen LogP contribution in [-0.2, 0) is 7.05 Å². The summed E-state index contributed by atoms with van der Waals surface area (Å²) in [7, 11) is 1.57. The molecule has 0 atom stereocenters. The largest absolute Gasteiger partial charge is 0.322 e. The van der Waals surface area contributed by atoms with Crippen LogP contribution in [0, 0.1) is 18.6 Å². The van der Waals surface area contributed by atoms with Gasteiger partial charge in [-0.15, -0.1) is 11.3 Å². The fourth-order valence-corrected chi connectivity index (χ4v) is 4.15. The fourth-order valence-electron chi connectivity index (χ4n) is 3.37. The molecule has 0 radical (unpaired) electrons. The first kappa shape index (κ1) is 18.4. The molecule has 10 heteroatoms. The van der Waals surface area contributed by atoms with Crippen molar-refractivity contribution in [2.24, 2.45) is 7.05 Å². The number of nitrogens with one attached hydrogen (secondary N) is 2. The summed E-state index contributed by atoms with van der Waals surface area (Å²) in [4.78, 5) is 17.8. The van der Waals surface area contributed by atoms with E-state index in [1.807, 2.05) is 6.92 Å². The lowest BCUT2D eigenvalue weighted by molar-refractivity contribution is 0.101. The zero-order valence-electron chi connectivity index (χ0n) is 15.8. The van der Waals surface area contributed by atoms with Gasteiger partial charge in [-0.1, -0.05) is 0 Å². The number of carbonyl (C=O) groups is 1. The second kappa shape index (κ2) is 6.70. The van der Waals surface area contributed by atoms with Gasteiger partial charge in [-0.2, -0.15) is 10.2 Å². The molecular weight excluding hydrogens is 410 g/mol. The van der Waals surface area contributed by atoms with Crippen molar-refractivity contribution in [3.05, 3.63) is 58.9 Å². The highest BCUT2D eigenvalue weighted by atomic mass is 32.1. The topological polar surface area (TPSA) is 88.5 Å². The van der Waals surface area contributed by atoms with Gasteiger partial charge < -0.3 is 5.32 Å². The Morgan fingerprint density at radius 3 is 2.80 bits per heavy atom. The summed E-state index contributed by atoms with van der Waals surface area (Å²) in [6.45, 7) is 1.90. The smallest absolute Gasteiger partial charge is 0.261 e. The Kier molecular flexibility index (Phi) is 4.10. The summed E-state index contributed by atoms with van der Waals surface area (Å²) in [6.07, 6.45) is 3.00. The van der Waals surface area contributed by atoms with E-state index in [1.54, 1.807) is 31.4 Å². The summed E-state index contributed by atoms with van der Waals surface area (Å²) >= 11 is 1.50. The van der Waals surface area contributed by atoms with Crippen LogP contribution in [0.4, 0.5) is 14.5 Å². The number of hydrogen-bond donors (Lipinski definition) is 2. The molecule has 0 aliphatic rings. The number of aryl methyl sites for hydroxylation is 2. The molecule has 3 heterocycles. The number of fused-ring (bicyclic) bond motifs is 2. The van der Waals surface area contributed by atoms with Crippen molar-refractivity contribution in [1.29, 1.82) is 0 Å². The first-order chi connectivity index (χ1) is 14.4. The molecule has 0 saturated heterocycles. The van der Waals surface area contributed by atoms with Crippen LogP contribution in [0.1, 0.15) is 15.4 Å². The number of aromatic amines is 1. The van der Waals surface area contributed by atoms with Crippen molar-refractivity contribution >= 4 is 44.7 Å². The van der Waals surface area contributed by atoms with E-state index in [0.717, 1.165) is 26.9 Å². The number of anilines is 1. The molecule has 7 nitrogen and oxygen atoms in total. The highest BCUT2D eigenvalue weighted by Gasteiger charge is 2.22. The van der Waals surface area contributed by atoms with Crippen molar-refractivity contribution < 1.29 is 13.6 Å². The minimum atomic E-state index is -0.952. The Balaban J connectivity index is 1.53. The second-order valence-electron chi connectivity index (χ2n) is 6.78. The molecule has 5 aromatic rings. The molecule has 0 aliphatic heterocycles. The lowest BCUT2D eigenvalue weighted by Crippen LogP contribution is -2.16. The molecule has 0 saturated carbocycles. The molecule has 2 aromatic carbocycles. The highest BCUT2D eigenvalue weighted by Crippen LogP contribution is 2.32. The van der Waals surface area contributed by atoms with Gasteiger partial charge in [0.1, 0.15) is 22.9 Å². The van der Waals surface area contributed by atoms with Crippen LogP contribution >= 0.6 is 11.3 Å². The highest BCUT2D eigenvalue weighted by molar-refractivity contribution is 7.15. The number of amides is 1. The number of nitrogens with zero attached hydrogens (tertiary/aromatic N) is 4. The van der Waals surface area contributed by atoms with Crippen LogP contribution in [0.15, 0.2) is 36.7 Å². The average Bonchev–Trinajstić information content (AvgIpc) is 3.41. The molecule has 2 N–H and O–H groups in total. The first-order valence-corrected chi connectivity index (χ1v) is 9.76. The van der Waals surface area contributed by atoms with Crippen LogP contribution in [0.3, 0.4) is 0 Å². The van der Waals surface area contributed by atoms with Gasteiger partial charge in [0.25, 0.3) is 5.91 Å². The summed E-state index contributed by atoms with van der Waals surface area (Å²) in [6, 6.07) is 6.19. The molecule has 0 bridgehead atoms. The molecule has 0 spiro atoms. The van der Waals surface area contributed by atoms with Crippen LogP contribution in [-0.4, -0.2) is 30.9 Å². The average molecular weight is 424 g/mol. The number of carbonyl (C=O) groups excluding carboxylic acids is 1. The predicted octanol–water partition coefficient (Wildman–Crippen LogP) is 4.41. The number of aromatic nitrogens is 5. The van der Waals surface area contributed by atoms with Crippen molar-refractivity contribution in [3.63, 3.8) is 0 Å². The minimum absolute atomic E-state index is 0.0807. The summed E-state index contributed by atoms with van der Waals surface area (Å²) < 4.78 is 30.7. The van der Waals surface area contributed by atoms with Crippen LogP contribution in [0.5, 0.6) is 0 Å². The molecule has 3 aromatic heterocycles. The van der Waals surface area contributed by atoms with Crippen LogP contribution in [0.2, 0.25) is 0 Å². The zero-order valence-corrected chi connectivity index (χ0v) is 16.6. The third-order valence-corrected chi connectivity index (χ3v) is 5.76. The zero-order chi connectivity index (χ0) is 21.0. The molecule has 1 amide bonds. The Hall–Kier alpha value is -3.66. The molecule has 0 unspecified atom stereocenters. The molecule has 0 fully saturated rings. The third-order valence-electron chi connectivity index (χ3n) is 4.85. The standard InChI is InChI=1S/C20H14F2N6OS/c1-9-23-8-16(30-9)19-11-5-10(3-4-14(11)26-27-19)25-20(29)17-13(21)6-15-12(18(17)22)7-24-28(15)2/h3-8H,1-2H3,(H,25,29)(H,26,27). The van der Waals surface area contributed by atoms with Crippen molar-refractivity contribution in [3.8, 4) is 10.6 Å². The number of rotatable bonds is 3. The van der Waals surface area contributed by atoms with E-state index in [-0.39, 0.29) is 10.9 Å². The van der Waals surface area contributed by atoms with E-state index in [4.69, 9.17) is 0 Å². The van der Waals surface area contributed by atoms with Gasteiger partial charge in [0.15, 0.2) is 0 Å². The van der Waals surface area contributed by atoms with Crippen molar-refractivity contribution in [2.45, 2.75) is 6.92 Å². The number of halogens is 2. The van der Waals surface area contributed by atoms with E-state index >= 15 is 0 Å². The van der Waals surface area contributed by atoms with E-state index in [0.29, 0.717) is 11.4 Å². The van der Waals surface area contributed by atoms with Gasteiger partial charge >= 0.3 is 0 Å². The normalized spacial score (nSPS) is 11.5. The molecule has 150 valence electrons. The van der Waals surface area contributed by atoms with Crippen LogP contribution < -0.4 is 5.32 Å². The van der Waals surface area contributed by atoms with Gasteiger partial charge in [0.05, 0.1) is 32.5 Å². The second-order valence-corrected chi connectivity index (χ2v) is 8.01. The van der Waals surface area contributed by atoms with E-state index in [9.17, 15) is 13.6 Å². The maximum atomic E-state index is 14.8. The SMILES string of the molecule is Cc1ncc(-c2n[nH]c3ccc(NC(=O)c4c(F)cc5c(cnn5C)c4F)cc23)s1. The van der Waals surface area contributed by atoms with E-state index in [2.05, 4.69) is 25.6 Å². The maximum absolute atomic E-state index is 14.8. The molecule has 0 aliphatic carbocycles. The molecule has 5 rings (SSSR count). The Morgan fingerprint density at radius 1 is 1.20 bits per heavy atom. The van der Waals surface area contributed by atoms with E-state index < -0.39 is 23.1 Å². The lowest BCUT2D eigenvalue weighted by atomic mass is 10.1. The Morgan fingerprint density at radius 2 is 2.03 bits per heavy atom. The summed E-state index contributed by atoms with van der Waals surface area (Å²) in [5.74, 6) is -2.78. The van der Waals surface area contributed by atoms with Gasteiger partial charge in [-0.25, -0.2) is 13.8 Å².